The molecule has 0 unspecified atom stereocenters. The van der Waals surface area contributed by atoms with Crippen molar-refractivity contribution < 1.29 is 26.4 Å². The quantitative estimate of drug-likeness (QED) is 0.480. The van der Waals surface area contributed by atoms with Gasteiger partial charge < -0.3 is 5.32 Å². The molecule has 5 nitrogen and oxygen atoms in total. The summed E-state index contributed by atoms with van der Waals surface area (Å²) in [5.41, 5.74) is -0.214. The Labute approximate surface area is 192 Å². The molecule has 0 fully saturated rings. The largest absolute Gasteiger partial charge is 0.325 e. The average molecular weight is 503 g/mol. The monoisotopic (exact) mass is 502 g/mol. The predicted octanol–water partition coefficient (Wildman–Crippen LogP) is 5.24. The highest BCUT2D eigenvalue weighted by molar-refractivity contribution is 7.89. The molecule has 3 aromatic rings. The second kappa shape index (κ2) is 9.91. The minimum atomic E-state index is -4.30. The molecule has 0 aromatic heterocycles. The van der Waals surface area contributed by atoms with Crippen LogP contribution in [0.15, 0.2) is 65.6 Å². The molecule has 0 atom stereocenters. The minimum absolute atomic E-state index is 0.0256. The fraction of sp³-hybridized carbons (Fsp3) is 0.0952. The molecule has 0 heterocycles. The normalized spacial score (nSPS) is 11.6. The molecule has 168 valence electrons. The first-order valence-electron chi connectivity index (χ1n) is 9.01. The smallest absolute Gasteiger partial charge is 0.243 e. The molecule has 1 amide bonds. The first-order chi connectivity index (χ1) is 15.1. The van der Waals surface area contributed by atoms with Crippen LogP contribution in [0, 0.1) is 17.5 Å². The molecule has 32 heavy (non-hydrogen) atoms. The summed E-state index contributed by atoms with van der Waals surface area (Å²) in [5.74, 6) is -3.91. The number of amides is 1. The highest BCUT2D eigenvalue weighted by Gasteiger charge is 2.28. The zero-order valence-corrected chi connectivity index (χ0v) is 18.5. The highest BCUT2D eigenvalue weighted by Crippen LogP contribution is 2.25. The lowest BCUT2D eigenvalue weighted by Gasteiger charge is -2.23. The van der Waals surface area contributed by atoms with Crippen molar-refractivity contribution >= 4 is 44.8 Å². The Morgan fingerprint density at radius 1 is 0.906 bits per heavy atom. The van der Waals surface area contributed by atoms with E-state index in [1.807, 2.05) is 0 Å². The van der Waals surface area contributed by atoms with Crippen molar-refractivity contribution in [1.29, 1.82) is 0 Å². The van der Waals surface area contributed by atoms with E-state index in [2.05, 4.69) is 5.32 Å². The number of benzene rings is 3. The summed E-state index contributed by atoms with van der Waals surface area (Å²) in [7, 11) is -4.30. The molecule has 0 aliphatic carbocycles. The zero-order valence-electron chi connectivity index (χ0n) is 16.2. The third kappa shape index (κ3) is 5.60. The minimum Gasteiger partial charge on any atom is -0.325 e. The number of sulfonamides is 1. The van der Waals surface area contributed by atoms with Gasteiger partial charge in [-0.15, -0.1) is 0 Å². The number of nitrogens with zero attached hydrogens (tertiary/aromatic N) is 1. The van der Waals surface area contributed by atoms with Crippen molar-refractivity contribution in [3.05, 3.63) is 93.7 Å². The van der Waals surface area contributed by atoms with E-state index in [1.54, 1.807) is 0 Å². The third-order valence-electron chi connectivity index (χ3n) is 4.37. The lowest BCUT2D eigenvalue weighted by molar-refractivity contribution is -0.116. The van der Waals surface area contributed by atoms with Gasteiger partial charge in [0, 0.05) is 33.9 Å². The second-order valence-electron chi connectivity index (χ2n) is 6.60. The number of rotatable bonds is 7. The molecule has 0 bridgehead atoms. The Hall–Kier alpha value is -2.59. The van der Waals surface area contributed by atoms with Crippen LogP contribution in [0.1, 0.15) is 5.56 Å². The van der Waals surface area contributed by atoms with Gasteiger partial charge >= 0.3 is 0 Å². The Morgan fingerprint density at radius 2 is 1.59 bits per heavy atom. The lowest BCUT2D eigenvalue weighted by atomic mass is 10.2. The number of anilines is 1. The van der Waals surface area contributed by atoms with Crippen LogP contribution in [0.3, 0.4) is 0 Å². The van der Waals surface area contributed by atoms with Gasteiger partial charge in [-0.25, -0.2) is 21.6 Å². The Morgan fingerprint density at radius 3 is 2.22 bits per heavy atom. The number of halogens is 5. The standard InChI is InChI=1S/C21H15Cl2F3N2O3S/c22-13-4-7-15(8-5-13)32(30,31)28(11-16-17(23)2-1-3-18(16)24)12-21(29)27-14-6-9-19(25)20(26)10-14/h1-10H,11-12H2,(H,27,29). The van der Waals surface area contributed by atoms with E-state index in [9.17, 15) is 26.4 Å². The van der Waals surface area contributed by atoms with Crippen molar-refractivity contribution in [2.75, 3.05) is 11.9 Å². The number of hydrogen-bond acceptors (Lipinski definition) is 3. The van der Waals surface area contributed by atoms with Crippen molar-refractivity contribution in [3.63, 3.8) is 0 Å². The van der Waals surface area contributed by atoms with Crippen LogP contribution >= 0.6 is 23.2 Å². The first-order valence-corrected chi connectivity index (χ1v) is 11.2. The van der Waals surface area contributed by atoms with Gasteiger partial charge in [-0.05, 0) is 48.5 Å². The summed E-state index contributed by atoms with van der Waals surface area (Å²) in [4.78, 5) is 12.3. The molecule has 0 saturated heterocycles. The molecule has 0 aliphatic heterocycles. The average Bonchev–Trinajstić information content (AvgIpc) is 2.73. The van der Waals surface area contributed by atoms with E-state index in [0.717, 1.165) is 28.6 Å². The van der Waals surface area contributed by atoms with Crippen LogP contribution in [0.2, 0.25) is 10.0 Å². The van der Waals surface area contributed by atoms with Gasteiger partial charge in [0.1, 0.15) is 5.82 Å². The van der Waals surface area contributed by atoms with E-state index < -0.39 is 46.5 Å². The van der Waals surface area contributed by atoms with Crippen molar-refractivity contribution in [2.45, 2.75) is 11.4 Å². The van der Waals surface area contributed by atoms with Crippen molar-refractivity contribution in [2.24, 2.45) is 0 Å². The second-order valence-corrected chi connectivity index (χ2v) is 9.39. The molecule has 1 N–H and O–H groups in total. The SMILES string of the molecule is O=C(CN(Cc1c(F)cccc1Cl)S(=O)(=O)c1ccc(Cl)cc1)Nc1ccc(F)c(F)c1. The predicted molar refractivity (Wildman–Crippen MR) is 115 cm³/mol. The summed E-state index contributed by atoms with van der Waals surface area (Å²) in [6.45, 7) is -1.31. The van der Waals surface area contributed by atoms with Gasteiger partial charge in [-0.2, -0.15) is 4.31 Å². The van der Waals surface area contributed by atoms with Crippen LogP contribution in [-0.2, 0) is 21.4 Å². The van der Waals surface area contributed by atoms with Crippen LogP contribution in [0.25, 0.3) is 0 Å². The fourth-order valence-corrected chi connectivity index (χ4v) is 4.49. The topological polar surface area (TPSA) is 66.5 Å². The zero-order chi connectivity index (χ0) is 23.5. The highest BCUT2D eigenvalue weighted by atomic mass is 35.5. The van der Waals surface area contributed by atoms with E-state index >= 15 is 0 Å². The van der Waals surface area contributed by atoms with Crippen molar-refractivity contribution in [3.8, 4) is 0 Å². The molecule has 11 heteroatoms. The molecular formula is C21H15Cl2F3N2O3S. The molecular weight excluding hydrogens is 488 g/mol. The fourth-order valence-electron chi connectivity index (χ4n) is 2.78. The number of hydrogen-bond donors (Lipinski definition) is 1. The van der Waals surface area contributed by atoms with Gasteiger partial charge in [-0.1, -0.05) is 29.3 Å². The van der Waals surface area contributed by atoms with E-state index in [4.69, 9.17) is 23.2 Å². The molecule has 3 rings (SSSR count). The summed E-state index contributed by atoms with van der Waals surface area (Å²) in [6, 6.07) is 11.7. The van der Waals surface area contributed by atoms with Gasteiger partial charge in [0.05, 0.1) is 11.4 Å². The van der Waals surface area contributed by atoms with Crippen LogP contribution in [0.5, 0.6) is 0 Å². The lowest BCUT2D eigenvalue weighted by Crippen LogP contribution is -2.38. The molecule has 0 aliphatic rings. The van der Waals surface area contributed by atoms with Crippen LogP contribution < -0.4 is 5.32 Å². The third-order valence-corrected chi connectivity index (χ3v) is 6.78. The number of carbonyl (C=O) groups excluding carboxylic acids is 1. The number of nitrogens with one attached hydrogen (secondary N) is 1. The van der Waals surface area contributed by atoms with Gasteiger partial charge in [0.2, 0.25) is 15.9 Å². The van der Waals surface area contributed by atoms with E-state index in [-0.39, 0.29) is 21.2 Å². The van der Waals surface area contributed by atoms with Crippen LogP contribution in [0.4, 0.5) is 18.9 Å². The Balaban J connectivity index is 1.93. The van der Waals surface area contributed by atoms with Gasteiger partial charge in [0.15, 0.2) is 11.6 Å². The Bertz CT molecular complexity index is 1240. The maximum absolute atomic E-state index is 14.3. The number of carbonyl (C=O) groups is 1. The Kier molecular flexibility index (Phi) is 7.45. The van der Waals surface area contributed by atoms with E-state index in [0.29, 0.717) is 5.02 Å². The maximum atomic E-state index is 14.3. The molecule has 0 spiro atoms. The van der Waals surface area contributed by atoms with Gasteiger partial charge in [-0.3, -0.25) is 4.79 Å². The molecule has 3 aromatic carbocycles. The molecule has 0 radical (unpaired) electrons. The summed E-state index contributed by atoms with van der Waals surface area (Å²) >= 11 is 11.8. The van der Waals surface area contributed by atoms with E-state index in [1.165, 1.54) is 36.4 Å². The maximum Gasteiger partial charge on any atom is 0.243 e. The summed E-state index contributed by atoms with van der Waals surface area (Å²) in [6.07, 6.45) is 0. The first kappa shape index (κ1) is 24.1. The summed E-state index contributed by atoms with van der Waals surface area (Å²) in [5, 5.41) is 2.56. The van der Waals surface area contributed by atoms with Crippen molar-refractivity contribution in [1.82, 2.24) is 4.31 Å². The summed E-state index contributed by atoms with van der Waals surface area (Å²) < 4.78 is 67.9. The molecule has 0 saturated carbocycles. The van der Waals surface area contributed by atoms with Crippen LogP contribution in [-0.4, -0.2) is 25.2 Å². The van der Waals surface area contributed by atoms with Gasteiger partial charge in [0.25, 0.3) is 0 Å².